The first-order valence-electron chi connectivity index (χ1n) is 6.20. The van der Waals surface area contributed by atoms with Crippen LogP contribution in [0.3, 0.4) is 0 Å². The molecule has 1 heterocycles. The molecule has 2 atom stereocenters. The first-order valence-corrected chi connectivity index (χ1v) is 6.20. The summed E-state index contributed by atoms with van der Waals surface area (Å²) in [5, 5.41) is 0. The topological polar surface area (TPSA) is 29.3 Å². The predicted molar refractivity (Wildman–Crippen MR) is 60.2 cm³/mol. The van der Waals surface area contributed by atoms with E-state index in [0.29, 0.717) is 12.1 Å². The standard InChI is InChI=1S/C12H24N2/c1-9(2)8-12-11(13)4-3-7-14(12)10-5-6-10/h9-12H,3-8,13H2,1-2H3. The summed E-state index contributed by atoms with van der Waals surface area (Å²) in [6.45, 7) is 5.93. The Bertz CT molecular complexity index is 187. The van der Waals surface area contributed by atoms with Crippen molar-refractivity contribution in [3.63, 3.8) is 0 Å². The number of nitrogens with two attached hydrogens (primary N) is 1. The van der Waals surface area contributed by atoms with Crippen LogP contribution >= 0.6 is 0 Å². The van der Waals surface area contributed by atoms with Crippen molar-refractivity contribution >= 4 is 0 Å². The van der Waals surface area contributed by atoms with E-state index in [1.807, 2.05) is 0 Å². The number of hydrogen-bond acceptors (Lipinski definition) is 2. The van der Waals surface area contributed by atoms with E-state index in [1.165, 1.54) is 38.6 Å². The van der Waals surface area contributed by atoms with Gasteiger partial charge in [0.05, 0.1) is 0 Å². The number of rotatable bonds is 3. The molecule has 2 rings (SSSR count). The molecule has 1 saturated carbocycles. The highest BCUT2D eigenvalue weighted by Crippen LogP contribution is 2.34. The highest BCUT2D eigenvalue weighted by Gasteiger charge is 2.38. The van der Waals surface area contributed by atoms with Gasteiger partial charge < -0.3 is 5.73 Å². The lowest BCUT2D eigenvalue weighted by molar-refractivity contribution is 0.102. The van der Waals surface area contributed by atoms with Gasteiger partial charge in [0.2, 0.25) is 0 Å². The maximum Gasteiger partial charge on any atom is 0.0252 e. The zero-order chi connectivity index (χ0) is 10.1. The minimum Gasteiger partial charge on any atom is -0.326 e. The van der Waals surface area contributed by atoms with Crippen molar-refractivity contribution in [2.45, 2.75) is 64.1 Å². The molecule has 0 amide bonds. The van der Waals surface area contributed by atoms with Crippen LogP contribution in [0.15, 0.2) is 0 Å². The van der Waals surface area contributed by atoms with E-state index in [1.54, 1.807) is 0 Å². The Morgan fingerprint density at radius 3 is 2.57 bits per heavy atom. The fraction of sp³-hybridized carbons (Fsp3) is 1.00. The normalized spacial score (nSPS) is 35.1. The van der Waals surface area contributed by atoms with Gasteiger partial charge in [0.25, 0.3) is 0 Å². The molecule has 0 aromatic rings. The average molecular weight is 196 g/mol. The van der Waals surface area contributed by atoms with Crippen molar-refractivity contribution in [2.75, 3.05) is 6.54 Å². The van der Waals surface area contributed by atoms with Gasteiger partial charge in [-0.2, -0.15) is 0 Å². The number of nitrogens with zero attached hydrogens (tertiary/aromatic N) is 1. The Morgan fingerprint density at radius 2 is 2.00 bits per heavy atom. The molecule has 1 saturated heterocycles. The zero-order valence-electron chi connectivity index (χ0n) is 9.58. The lowest BCUT2D eigenvalue weighted by Gasteiger charge is -2.41. The molecule has 0 aromatic carbocycles. The van der Waals surface area contributed by atoms with Crippen LogP contribution < -0.4 is 5.73 Å². The zero-order valence-corrected chi connectivity index (χ0v) is 9.58. The monoisotopic (exact) mass is 196 g/mol. The summed E-state index contributed by atoms with van der Waals surface area (Å²) >= 11 is 0. The largest absolute Gasteiger partial charge is 0.326 e. The van der Waals surface area contributed by atoms with Gasteiger partial charge >= 0.3 is 0 Å². The Kier molecular flexibility index (Phi) is 3.13. The molecule has 14 heavy (non-hydrogen) atoms. The van der Waals surface area contributed by atoms with E-state index in [0.717, 1.165) is 12.0 Å². The van der Waals surface area contributed by atoms with Crippen LogP contribution in [0.2, 0.25) is 0 Å². The van der Waals surface area contributed by atoms with Gasteiger partial charge in [0, 0.05) is 18.1 Å². The minimum absolute atomic E-state index is 0.437. The lowest BCUT2D eigenvalue weighted by atomic mass is 9.90. The quantitative estimate of drug-likeness (QED) is 0.748. The summed E-state index contributed by atoms with van der Waals surface area (Å²) in [5.41, 5.74) is 6.24. The molecule has 2 N–H and O–H groups in total. The van der Waals surface area contributed by atoms with Crippen molar-refractivity contribution in [1.82, 2.24) is 4.90 Å². The van der Waals surface area contributed by atoms with Gasteiger partial charge in [-0.1, -0.05) is 13.8 Å². The molecule has 2 unspecified atom stereocenters. The molecule has 2 aliphatic rings. The second-order valence-electron chi connectivity index (χ2n) is 5.47. The third-order valence-electron chi connectivity index (χ3n) is 3.60. The van der Waals surface area contributed by atoms with Crippen LogP contribution in [0.4, 0.5) is 0 Å². The molecular weight excluding hydrogens is 172 g/mol. The SMILES string of the molecule is CC(C)CC1C(N)CCCN1C1CC1. The lowest BCUT2D eigenvalue weighted by Crippen LogP contribution is -2.53. The molecule has 0 bridgehead atoms. The Morgan fingerprint density at radius 1 is 1.29 bits per heavy atom. The van der Waals surface area contributed by atoms with Crippen LogP contribution in [0.25, 0.3) is 0 Å². The summed E-state index contributed by atoms with van der Waals surface area (Å²) in [4.78, 5) is 2.70. The Labute approximate surface area is 87.8 Å². The molecule has 2 nitrogen and oxygen atoms in total. The molecule has 82 valence electrons. The van der Waals surface area contributed by atoms with Gasteiger partial charge in [-0.25, -0.2) is 0 Å². The van der Waals surface area contributed by atoms with E-state index in [4.69, 9.17) is 5.73 Å². The van der Waals surface area contributed by atoms with E-state index in [-0.39, 0.29) is 0 Å². The number of hydrogen-bond donors (Lipinski definition) is 1. The maximum atomic E-state index is 6.24. The van der Waals surface area contributed by atoms with Crippen molar-refractivity contribution in [3.05, 3.63) is 0 Å². The van der Waals surface area contributed by atoms with E-state index >= 15 is 0 Å². The fourth-order valence-electron chi connectivity index (χ4n) is 2.77. The van der Waals surface area contributed by atoms with Gasteiger partial charge in [-0.15, -0.1) is 0 Å². The maximum absolute atomic E-state index is 6.24. The van der Waals surface area contributed by atoms with Crippen LogP contribution in [0, 0.1) is 5.92 Å². The van der Waals surface area contributed by atoms with Gasteiger partial charge in [-0.3, -0.25) is 4.90 Å². The van der Waals surface area contributed by atoms with Crippen LogP contribution in [0.1, 0.15) is 46.0 Å². The van der Waals surface area contributed by atoms with Crippen molar-refractivity contribution < 1.29 is 0 Å². The first kappa shape index (κ1) is 10.4. The predicted octanol–water partition coefficient (Wildman–Crippen LogP) is 1.99. The highest BCUT2D eigenvalue weighted by molar-refractivity contribution is 4.95. The van der Waals surface area contributed by atoms with Crippen LogP contribution in [0.5, 0.6) is 0 Å². The Balaban J connectivity index is 1.97. The molecule has 2 fully saturated rings. The third kappa shape index (κ3) is 2.29. The number of likely N-dealkylation sites (tertiary alicyclic amines) is 1. The summed E-state index contributed by atoms with van der Waals surface area (Å²) < 4.78 is 0. The van der Waals surface area contributed by atoms with Crippen LogP contribution in [-0.4, -0.2) is 29.6 Å². The minimum atomic E-state index is 0.437. The van der Waals surface area contributed by atoms with Crippen LogP contribution in [-0.2, 0) is 0 Å². The van der Waals surface area contributed by atoms with Gasteiger partial charge in [-0.05, 0) is 44.6 Å². The first-order chi connectivity index (χ1) is 6.68. The summed E-state index contributed by atoms with van der Waals surface area (Å²) in [7, 11) is 0. The van der Waals surface area contributed by atoms with Crippen molar-refractivity contribution in [3.8, 4) is 0 Å². The summed E-state index contributed by atoms with van der Waals surface area (Å²) in [5.74, 6) is 0.783. The fourth-order valence-corrected chi connectivity index (χ4v) is 2.77. The third-order valence-corrected chi connectivity index (χ3v) is 3.60. The molecule has 0 aromatic heterocycles. The molecular formula is C12H24N2. The van der Waals surface area contributed by atoms with Crippen molar-refractivity contribution in [2.24, 2.45) is 11.7 Å². The summed E-state index contributed by atoms with van der Waals surface area (Å²) in [6.07, 6.45) is 6.67. The van der Waals surface area contributed by atoms with Gasteiger partial charge in [0.1, 0.15) is 0 Å². The van der Waals surface area contributed by atoms with Gasteiger partial charge in [0.15, 0.2) is 0 Å². The van der Waals surface area contributed by atoms with E-state index < -0.39 is 0 Å². The summed E-state index contributed by atoms with van der Waals surface area (Å²) in [6, 6.07) is 2.01. The molecule has 1 aliphatic carbocycles. The second-order valence-corrected chi connectivity index (χ2v) is 5.47. The highest BCUT2D eigenvalue weighted by atomic mass is 15.2. The molecule has 0 spiro atoms. The average Bonchev–Trinajstić information content (AvgIpc) is 2.90. The van der Waals surface area contributed by atoms with E-state index in [9.17, 15) is 0 Å². The Hall–Kier alpha value is -0.0800. The number of piperidine rings is 1. The second kappa shape index (κ2) is 4.19. The van der Waals surface area contributed by atoms with E-state index in [2.05, 4.69) is 18.7 Å². The molecule has 1 aliphatic heterocycles. The van der Waals surface area contributed by atoms with Crippen molar-refractivity contribution in [1.29, 1.82) is 0 Å². The molecule has 0 radical (unpaired) electrons. The molecule has 2 heteroatoms. The smallest absolute Gasteiger partial charge is 0.0252 e.